The number of hydrogen-bond donors (Lipinski definition) is 0. The fourth-order valence-corrected chi connectivity index (χ4v) is 2.36. The Morgan fingerprint density at radius 3 is 2.71 bits per heavy atom. The molecule has 2 rings (SSSR count). The van der Waals surface area contributed by atoms with Gasteiger partial charge in [0, 0.05) is 12.3 Å². The highest BCUT2D eigenvalue weighted by molar-refractivity contribution is 6.01. The lowest BCUT2D eigenvalue weighted by atomic mass is 9.94. The van der Waals surface area contributed by atoms with Crippen LogP contribution in [0.5, 0.6) is 0 Å². The first-order valence-electron chi connectivity index (χ1n) is 5.86. The molecule has 0 unspecified atom stereocenters. The summed E-state index contributed by atoms with van der Waals surface area (Å²) >= 11 is 0. The van der Waals surface area contributed by atoms with Gasteiger partial charge in [-0.3, -0.25) is 9.59 Å². The van der Waals surface area contributed by atoms with Crippen LogP contribution in [0.1, 0.15) is 12.8 Å². The SMILES string of the molecule is COC(=O)[C@H]1C(=O)CC[C@@H]1/C=C/C1C=CC=C1. The van der Waals surface area contributed by atoms with E-state index in [1.807, 2.05) is 24.3 Å². The van der Waals surface area contributed by atoms with E-state index in [0.717, 1.165) is 6.42 Å². The van der Waals surface area contributed by atoms with Gasteiger partial charge in [-0.05, 0) is 12.3 Å². The highest BCUT2D eigenvalue weighted by Gasteiger charge is 2.39. The van der Waals surface area contributed by atoms with Crippen molar-refractivity contribution in [2.45, 2.75) is 12.8 Å². The zero-order chi connectivity index (χ0) is 12.3. The Morgan fingerprint density at radius 1 is 1.35 bits per heavy atom. The van der Waals surface area contributed by atoms with Crippen molar-refractivity contribution < 1.29 is 14.3 Å². The van der Waals surface area contributed by atoms with Crippen molar-refractivity contribution in [3.63, 3.8) is 0 Å². The van der Waals surface area contributed by atoms with E-state index in [0.29, 0.717) is 12.3 Å². The lowest BCUT2D eigenvalue weighted by Crippen LogP contribution is -2.25. The molecule has 0 bridgehead atoms. The van der Waals surface area contributed by atoms with E-state index >= 15 is 0 Å². The summed E-state index contributed by atoms with van der Waals surface area (Å²) in [6.45, 7) is 0. The topological polar surface area (TPSA) is 43.4 Å². The van der Waals surface area contributed by atoms with Crippen molar-refractivity contribution in [1.29, 1.82) is 0 Å². The van der Waals surface area contributed by atoms with E-state index in [2.05, 4.69) is 16.9 Å². The minimum atomic E-state index is -0.592. The third kappa shape index (κ3) is 2.54. The second-order valence-corrected chi connectivity index (χ2v) is 4.40. The first kappa shape index (κ1) is 11.8. The monoisotopic (exact) mass is 232 g/mol. The highest BCUT2D eigenvalue weighted by Crippen LogP contribution is 2.31. The fourth-order valence-electron chi connectivity index (χ4n) is 2.36. The van der Waals surface area contributed by atoms with Crippen LogP contribution in [0.15, 0.2) is 36.5 Å². The maximum atomic E-state index is 11.6. The number of esters is 1. The second-order valence-electron chi connectivity index (χ2n) is 4.40. The predicted octanol–water partition coefficient (Wildman–Crippen LogP) is 2.05. The van der Waals surface area contributed by atoms with Crippen LogP contribution in [0.2, 0.25) is 0 Å². The van der Waals surface area contributed by atoms with Gasteiger partial charge in [0.25, 0.3) is 0 Å². The summed E-state index contributed by atoms with van der Waals surface area (Å²) in [5.41, 5.74) is 0. The summed E-state index contributed by atoms with van der Waals surface area (Å²) in [7, 11) is 1.33. The Kier molecular flexibility index (Phi) is 3.57. The van der Waals surface area contributed by atoms with Crippen LogP contribution in [0.4, 0.5) is 0 Å². The van der Waals surface area contributed by atoms with Crippen LogP contribution in [-0.2, 0) is 14.3 Å². The molecule has 2 aliphatic carbocycles. The molecule has 90 valence electrons. The molecule has 0 radical (unpaired) electrons. The van der Waals surface area contributed by atoms with Gasteiger partial charge in [-0.25, -0.2) is 0 Å². The summed E-state index contributed by atoms with van der Waals surface area (Å²) in [5, 5.41) is 0. The molecule has 1 saturated carbocycles. The van der Waals surface area contributed by atoms with Crippen molar-refractivity contribution in [2.24, 2.45) is 17.8 Å². The normalized spacial score (nSPS) is 28.4. The highest BCUT2D eigenvalue weighted by atomic mass is 16.5. The van der Waals surface area contributed by atoms with Crippen molar-refractivity contribution in [2.75, 3.05) is 7.11 Å². The summed E-state index contributed by atoms with van der Waals surface area (Å²) in [4.78, 5) is 23.1. The van der Waals surface area contributed by atoms with Crippen molar-refractivity contribution in [1.82, 2.24) is 0 Å². The van der Waals surface area contributed by atoms with E-state index in [9.17, 15) is 9.59 Å². The number of carbonyl (C=O) groups is 2. The van der Waals surface area contributed by atoms with Crippen LogP contribution in [0.25, 0.3) is 0 Å². The molecule has 0 aromatic carbocycles. The molecule has 0 N–H and O–H groups in total. The lowest BCUT2D eigenvalue weighted by molar-refractivity contribution is -0.149. The van der Waals surface area contributed by atoms with Gasteiger partial charge in [0.05, 0.1) is 7.11 Å². The lowest BCUT2D eigenvalue weighted by Gasteiger charge is -2.12. The number of carbonyl (C=O) groups excluding carboxylic acids is 2. The van der Waals surface area contributed by atoms with Crippen LogP contribution in [0, 0.1) is 17.8 Å². The number of methoxy groups -OCH3 is 1. The number of hydrogen-bond acceptors (Lipinski definition) is 3. The molecule has 0 aromatic rings. The minimum Gasteiger partial charge on any atom is -0.468 e. The van der Waals surface area contributed by atoms with Gasteiger partial charge in [0.1, 0.15) is 11.7 Å². The maximum Gasteiger partial charge on any atom is 0.316 e. The summed E-state index contributed by atoms with van der Waals surface area (Å²) in [6, 6.07) is 0. The van der Waals surface area contributed by atoms with Gasteiger partial charge >= 0.3 is 5.97 Å². The molecule has 0 aromatic heterocycles. The van der Waals surface area contributed by atoms with Crippen LogP contribution >= 0.6 is 0 Å². The molecule has 0 saturated heterocycles. The predicted molar refractivity (Wildman–Crippen MR) is 64.1 cm³/mol. The summed E-state index contributed by atoms with van der Waals surface area (Å²) in [5.74, 6) is -0.698. The van der Waals surface area contributed by atoms with Crippen LogP contribution in [0.3, 0.4) is 0 Å². The zero-order valence-corrected chi connectivity index (χ0v) is 9.84. The Morgan fingerprint density at radius 2 is 2.06 bits per heavy atom. The Hall–Kier alpha value is -1.64. The molecule has 0 aliphatic heterocycles. The van der Waals surface area contributed by atoms with Crippen molar-refractivity contribution in [3.8, 4) is 0 Å². The van der Waals surface area contributed by atoms with Crippen molar-refractivity contribution in [3.05, 3.63) is 36.5 Å². The Labute approximate surface area is 101 Å². The van der Waals surface area contributed by atoms with E-state index in [-0.39, 0.29) is 11.7 Å². The largest absolute Gasteiger partial charge is 0.468 e. The van der Waals surface area contributed by atoms with E-state index in [1.54, 1.807) is 0 Å². The first-order valence-corrected chi connectivity index (χ1v) is 5.86. The molecule has 0 heterocycles. The number of Topliss-reactive ketones (excluding diaryl/α,β-unsaturated/α-hetero) is 1. The van der Waals surface area contributed by atoms with Gasteiger partial charge in [-0.1, -0.05) is 36.5 Å². The van der Waals surface area contributed by atoms with E-state index < -0.39 is 11.9 Å². The molecule has 2 atom stereocenters. The summed E-state index contributed by atoms with van der Waals surface area (Å²) < 4.78 is 4.68. The molecule has 1 fully saturated rings. The quantitative estimate of drug-likeness (QED) is 0.425. The Balaban J connectivity index is 2.04. The zero-order valence-electron chi connectivity index (χ0n) is 9.84. The van der Waals surface area contributed by atoms with Crippen LogP contribution < -0.4 is 0 Å². The average molecular weight is 232 g/mol. The van der Waals surface area contributed by atoms with Crippen LogP contribution in [-0.4, -0.2) is 18.9 Å². The van der Waals surface area contributed by atoms with Gasteiger partial charge in [-0.15, -0.1) is 0 Å². The third-order valence-corrected chi connectivity index (χ3v) is 3.31. The minimum absolute atomic E-state index is 0.00245. The maximum absolute atomic E-state index is 11.6. The second kappa shape index (κ2) is 5.13. The molecule has 2 aliphatic rings. The van der Waals surface area contributed by atoms with Gasteiger partial charge < -0.3 is 4.74 Å². The Bertz CT molecular complexity index is 392. The number of allylic oxidation sites excluding steroid dienone is 6. The van der Waals surface area contributed by atoms with E-state index in [1.165, 1.54) is 7.11 Å². The molecule has 0 spiro atoms. The molecule has 3 heteroatoms. The first-order chi connectivity index (χ1) is 8.22. The standard InChI is InChI=1S/C14H16O3/c1-17-14(16)13-11(8-9-12(13)15)7-6-10-4-2-3-5-10/h2-7,10-11,13H,8-9H2,1H3/b7-6+/t11-,13+/m0/s1. The molecular formula is C14H16O3. The summed E-state index contributed by atoms with van der Waals surface area (Å²) in [6.07, 6.45) is 13.4. The average Bonchev–Trinajstić information content (AvgIpc) is 2.95. The van der Waals surface area contributed by atoms with E-state index in [4.69, 9.17) is 0 Å². The number of ether oxygens (including phenoxy) is 1. The fraction of sp³-hybridized carbons (Fsp3) is 0.429. The molecule has 0 amide bonds. The van der Waals surface area contributed by atoms with Gasteiger partial charge in [-0.2, -0.15) is 0 Å². The van der Waals surface area contributed by atoms with Gasteiger partial charge in [0.15, 0.2) is 0 Å². The third-order valence-electron chi connectivity index (χ3n) is 3.31. The van der Waals surface area contributed by atoms with Crippen molar-refractivity contribution >= 4 is 11.8 Å². The number of rotatable bonds is 3. The molecule has 3 nitrogen and oxygen atoms in total. The van der Waals surface area contributed by atoms with Gasteiger partial charge in [0.2, 0.25) is 0 Å². The molecule has 17 heavy (non-hydrogen) atoms. The number of ketones is 1. The molecular weight excluding hydrogens is 216 g/mol. The smallest absolute Gasteiger partial charge is 0.316 e.